The van der Waals surface area contributed by atoms with E-state index < -0.39 is 11.5 Å². The fourth-order valence-corrected chi connectivity index (χ4v) is 6.15. The molecule has 4 rings (SSSR count). The molecular formula is C32H40FN7O2. The number of carbonyl (C=O) groups is 2. The molecule has 2 amide bonds. The Hall–Kier alpha value is -4.21. The van der Waals surface area contributed by atoms with Gasteiger partial charge < -0.3 is 16.0 Å². The van der Waals surface area contributed by atoms with Crippen molar-refractivity contribution in [2.24, 2.45) is 32.9 Å². The largest absolute Gasteiger partial charge is 0.384 e. The third kappa shape index (κ3) is 6.32. The summed E-state index contributed by atoms with van der Waals surface area (Å²) in [5.74, 6) is 0.267. The van der Waals surface area contributed by atoms with Gasteiger partial charge in [0.1, 0.15) is 23.0 Å². The lowest BCUT2D eigenvalue weighted by Gasteiger charge is -2.46. The standard InChI is InChI=1S/C32H40FN7O2/c1-5-7-27(23-8-10-24(11-9-23)30(41)36-19-28(34)38-39-35)40-31(42)29(25-12-13-26(33)21(6-2)18-25)37-32(40)16-14-22(15-17-32)20(3)4/h6,8-13,18,20,22,27H,2,5,7,14-17,19H2,1,3-4H3,(H,36,41)(H3,34,35,38). The van der Waals surface area contributed by atoms with Gasteiger partial charge in [-0.05, 0) is 79.8 Å². The molecule has 2 aromatic rings. The Bertz CT molecular complexity index is 1390. The minimum Gasteiger partial charge on any atom is -0.384 e. The van der Waals surface area contributed by atoms with Gasteiger partial charge in [-0.25, -0.2) is 4.39 Å². The molecule has 1 aliphatic heterocycles. The first-order valence-corrected chi connectivity index (χ1v) is 14.6. The van der Waals surface area contributed by atoms with Crippen molar-refractivity contribution in [1.29, 1.82) is 5.53 Å². The Kier molecular flexibility index (Phi) is 9.65. The first kappa shape index (κ1) is 30.7. The maximum absolute atomic E-state index is 14.3. The van der Waals surface area contributed by atoms with Gasteiger partial charge in [-0.2, -0.15) is 5.53 Å². The van der Waals surface area contributed by atoms with Crippen LogP contribution in [0.1, 0.15) is 92.4 Å². The van der Waals surface area contributed by atoms with E-state index in [1.807, 2.05) is 17.0 Å². The molecule has 222 valence electrons. The van der Waals surface area contributed by atoms with Crippen LogP contribution in [-0.4, -0.2) is 40.5 Å². The van der Waals surface area contributed by atoms with E-state index in [0.717, 1.165) is 44.1 Å². The van der Waals surface area contributed by atoms with Crippen molar-refractivity contribution in [3.63, 3.8) is 0 Å². The summed E-state index contributed by atoms with van der Waals surface area (Å²) < 4.78 is 14.3. The van der Waals surface area contributed by atoms with Gasteiger partial charge in [0.2, 0.25) is 0 Å². The van der Waals surface area contributed by atoms with Crippen LogP contribution in [0.2, 0.25) is 0 Å². The topological polar surface area (TPSA) is 136 Å². The number of rotatable bonds is 11. The highest BCUT2D eigenvalue weighted by atomic mass is 19.1. The molecule has 9 nitrogen and oxygen atoms in total. The quantitative estimate of drug-likeness (QED) is 0.127. The molecule has 1 heterocycles. The number of nitrogens with two attached hydrogens (primary N) is 1. The van der Waals surface area contributed by atoms with Crippen LogP contribution < -0.4 is 11.1 Å². The summed E-state index contributed by atoms with van der Waals surface area (Å²) in [4.78, 5) is 34.1. The number of carbonyl (C=O) groups excluding carboxylic acids is 2. The zero-order valence-corrected chi connectivity index (χ0v) is 24.6. The highest BCUT2D eigenvalue weighted by Gasteiger charge is 2.51. The van der Waals surface area contributed by atoms with Crippen molar-refractivity contribution < 1.29 is 14.0 Å². The monoisotopic (exact) mass is 573 g/mol. The maximum atomic E-state index is 14.3. The molecule has 1 aliphatic carbocycles. The van der Waals surface area contributed by atoms with Crippen molar-refractivity contribution in [1.82, 2.24) is 10.2 Å². The van der Waals surface area contributed by atoms with Crippen LogP contribution in [0.4, 0.5) is 4.39 Å². The molecule has 1 saturated carbocycles. The molecule has 42 heavy (non-hydrogen) atoms. The van der Waals surface area contributed by atoms with Crippen molar-refractivity contribution in [3.8, 4) is 0 Å². The maximum Gasteiger partial charge on any atom is 0.275 e. The molecule has 2 aliphatic rings. The fourth-order valence-electron chi connectivity index (χ4n) is 6.15. The zero-order chi connectivity index (χ0) is 30.4. The van der Waals surface area contributed by atoms with Crippen LogP contribution in [0.15, 0.2) is 64.4 Å². The summed E-state index contributed by atoms with van der Waals surface area (Å²) in [6.45, 7) is 10.3. The second-order valence-electron chi connectivity index (χ2n) is 11.4. The van der Waals surface area contributed by atoms with Crippen molar-refractivity contribution in [3.05, 3.63) is 77.1 Å². The van der Waals surface area contributed by atoms with E-state index in [2.05, 4.69) is 43.0 Å². The molecule has 0 radical (unpaired) electrons. The molecule has 0 saturated heterocycles. The minimum atomic E-state index is -0.684. The summed E-state index contributed by atoms with van der Waals surface area (Å²) in [5.41, 5.74) is 14.3. The second kappa shape index (κ2) is 13.2. The molecule has 4 N–H and O–H groups in total. The number of hydrogen-bond acceptors (Lipinski definition) is 5. The number of nitrogens with one attached hydrogen (secondary N) is 2. The lowest BCUT2D eigenvalue weighted by molar-refractivity contribution is -0.133. The lowest BCUT2D eigenvalue weighted by Crippen LogP contribution is -2.51. The van der Waals surface area contributed by atoms with Crippen LogP contribution in [0.5, 0.6) is 0 Å². The Morgan fingerprint density at radius 1 is 1.26 bits per heavy atom. The van der Waals surface area contributed by atoms with E-state index in [1.165, 1.54) is 12.1 Å². The van der Waals surface area contributed by atoms with Crippen molar-refractivity contribution in [2.75, 3.05) is 6.54 Å². The number of hydrogen-bond donors (Lipinski definition) is 3. The van der Waals surface area contributed by atoms with Gasteiger partial charge in [0.05, 0.1) is 12.6 Å². The first-order chi connectivity index (χ1) is 20.1. The van der Waals surface area contributed by atoms with Gasteiger partial charge in [-0.1, -0.05) is 57.2 Å². The first-order valence-electron chi connectivity index (χ1n) is 14.6. The van der Waals surface area contributed by atoms with Crippen molar-refractivity contribution >= 4 is 29.4 Å². The third-order valence-electron chi connectivity index (χ3n) is 8.49. The van der Waals surface area contributed by atoms with E-state index in [1.54, 1.807) is 24.3 Å². The SMILES string of the molecule is C=Cc1cc(C2=NC3(CCC(C(C)C)CC3)N(C(CCC)c3ccc(C(=O)NCC(N)=NN=N)cc3)C2=O)ccc1F. The average molecular weight is 574 g/mol. The van der Waals surface area contributed by atoms with E-state index in [9.17, 15) is 14.0 Å². The van der Waals surface area contributed by atoms with Crippen molar-refractivity contribution in [2.45, 2.75) is 71.0 Å². The number of halogens is 1. The van der Waals surface area contributed by atoms with Gasteiger partial charge >= 0.3 is 0 Å². The Morgan fingerprint density at radius 2 is 1.95 bits per heavy atom. The summed E-state index contributed by atoms with van der Waals surface area (Å²) in [5, 5.41) is 8.92. The molecule has 1 spiro atoms. The normalized spacial score (nSPS) is 21.4. The minimum absolute atomic E-state index is 0.0271. The van der Waals surface area contributed by atoms with Crippen LogP contribution in [-0.2, 0) is 4.79 Å². The predicted molar refractivity (Wildman–Crippen MR) is 163 cm³/mol. The molecular weight excluding hydrogens is 533 g/mol. The molecule has 0 bridgehead atoms. The number of amidine groups is 1. The van der Waals surface area contributed by atoms with Gasteiger partial charge in [-0.3, -0.25) is 14.6 Å². The van der Waals surface area contributed by atoms with Gasteiger partial charge in [0, 0.05) is 16.7 Å². The Labute approximate surface area is 246 Å². The Balaban J connectivity index is 1.69. The molecule has 2 aromatic carbocycles. The second-order valence-corrected chi connectivity index (χ2v) is 11.4. The number of benzene rings is 2. The van der Waals surface area contributed by atoms with E-state index in [0.29, 0.717) is 34.2 Å². The zero-order valence-electron chi connectivity index (χ0n) is 24.6. The fraction of sp³-hybridized carbons (Fsp3) is 0.438. The van der Waals surface area contributed by atoms with E-state index in [-0.39, 0.29) is 30.2 Å². The molecule has 0 aromatic heterocycles. The molecule has 1 unspecified atom stereocenters. The number of aliphatic imine (C=N–C) groups is 1. The van der Waals surface area contributed by atoms with Gasteiger partial charge in [-0.15, -0.1) is 5.10 Å². The van der Waals surface area contributed by atoms with Crippen LogP contribution >= 0.6 is 0 Å². The third-order valence-corrected chi connectivity index (χ3v) is 8.49. The highest BCUT2D eigenvalue weighted by Crippen LogP contribution is 2.48. The Morgan fingerprint density at radius 3 is 2.55 bits per heavy atom. The van der Waals surface area contributed by atoms with E-state index in [4.69, 9.17) is 16.3 Å². The summed E-state index contributed by atoms with van der Waals surface area (Å²) in [6, 6.07) is 11.6. The summed E-state index contributed by atoms with van der Waals surface area (Å²) in [6.07, 6.45) is 6.47. The lowest BCUT2D eigenvalue weighted by atomic mass is 9.76. The summed E-state index contributed by atoms with van der Waals surface area (Å²) >= 11 is 0. The molecule has 1 atom stereocenters. The van der Waals surface area contributed by atoms with Gasteiger partial charge in [0.15, 0.2) is 0 Å². The number of amides is 2. The average Bonchev–Trinajstić information content (AvgIpc) is 3.26. The van der Waals surface area contributed by atoms with Crippen LogP contribution in [0.3, 0.4) is 0 Å². The predicted octanol–water partition coefficient (Wildman–Crippen LogP) is 6.22. The molecule has 1 fully saturated rings. The van der Waals surface area contributed by atoms with Crippen LogP contribution in [0, 0.1) is 23.2 Å². The molecule has 10 heteroatoms. The summed E-state index contributed by atoms with van der Waals surface area (Å²) in [7, 11) is 0. The van der Waals surface area contributed by atoms with Crippen LogP contribution in [0.25, 0.3) is 6.08 Å². The van der Waals surface area contributed by atoms with Gasteiger partial charge in [0.25, 0.3) is 11.8 Å². The van der Waals surface area contributed by atoms with E-state index >= 15 is 0 Å². The highest BCUT2D eigenvalue weighted by molar-refractivity contribution is 6.46. The smallest absolute Gasteiger partial charge is 0.275 e. The number of nitrogens with zero attached hydrogens (tertiary/aromatic N) is 4.